The van der Waals surface area contributed by atoms with Gasteiger partial charge in [-0.1, -0.05) is 0 Å². The van der Waals surface area contributed by atoms with E-state index in [1.807, 2.05) is 0 Å². The molecule has 4 heteroatoms. The SMILES string of the molecule is CC1(C(=O)O)CCOC1=O. The molecule has 1 fully saturated rings. The highest BCUT2D eigenvalue weighted by molar-refractivity contribution is 5.99. The fourth-order valence-electron chi connectivity index (χ4n) is 0.803. The number of carboxylic acid groups (broad SMARTS) is 1. The van der Waals surface area contributed by atoms with Gasteiger partial charge in [0.1, 0.15) is 0 Å². The van der Waals surface area contributed by atoms with E-state index in [-0.39, 0.29) is 13.0 Å². The van der Waals surface area contributed by atoms with Crippen LogP contribution in [0.25, 0.3) is 0 Å². The Hall–Kier alpha value is -1.06. The molecule has 0 aromatic rings. The number of esters is 1. The average molecular weight is 144 g/mol. The number of carbonyl (C=O) groups is 2. The van der Waals surface area contributed by atoms with Crippen molar-refractivity contribution in [3.05, 3.63) is 0 Å². The average Bonchev–Trinajstić information content (AvgIpc) is 2.15. The highest BCUT2D eigenvalue weighted by Crippen LogP contribution is 2.29. The summed E-state index contributed by atoms with van der Waals surface area (Å²) in [6, 6.07) is 0. The van der Waals surface area contributed by atoms with Gasteiger partial charge in [-0.05, 0) is 6.92 Å². The van der Waals surface area contributed by atoms with Gasteiger partial charge in [-0.15, -0.1) is 0 Å². The zero-order valence-corrected chi connectivity index (χ0v) is 5.59. The summed E-state index contributed by atoms with van der Waals surface area (Å²) in [6.07, 6.45) is 0.279. The minimum absolute atomic E-state index is 0.224. The van der Waals surface area contributed by atoms with Crippen LogP contribution in [0.2, 0.25) is 0 Å². The second kappa shape index (κ2) is 1.97. The van der Waals surface area contributed by atoms with Crippen molar-refractivity contribution in [2.75, 3.05) is 6.61 Å². The molecule has 1 N–H and O–H groups in total. The van der Waals surface area contributed by atoms with E-state index in [0.29, 0.717) is 0 Å². The van der Waals surface area contributed by atoms with Gasteiger partial charge in [-0.3, -0.25) is 9.59 Å². The molecule has 1 unspecified atom stereocenters. The van der Waals surface area contributed by atoms with Gasteiger partial charge in [-0.2, -0.15) is 0 Å². The van der Waals surface area contributed by atoms with Crippen LogP contribution in [0.4, 0.5) is 0 Å². The topological polar surface area (TPSA) is 63.6 Å². The maximum absolute atomic E-state index is 10.7. The first kappa shape index (κ1) is 7.05. The first-order valence-electron chi connectivity index (χ1n) is 2.98. The molecule has 1 aliphatic heterocycles. The summed E-state index contributed by atoms with van der Waals surface area (Å²) in [5.41, 5.74) is -1.29. The highest BCUT2D eigenvalue weighted by atomic mass is 16.5. The van der Waals surface area contributed by atoms with Crippen LogP contribution in [0, 0.1) is 5.41 Å². The van der Waals surface area contributed by atoms with Gasteiger partial charge < -0.3 is 9.84 Å². The summed E-state index contributed by atoms with van der Waals surface area (Å²) in [7, 11) is 0. The Morgan fingerprint density at radius 3 is 2.60 bits per heavy atom. The van der Waals surface area contributed by atoms with E-state index < -0.39 is 17.4 Å². The number of carboxylic acids is 1. The number of aliphatic carboxylic acids is 1. The second-order valence-electron chi connectivity index (χ2n) is 2.52. The Kier molecular flexibility index (Phi) is 1.39. The number of hydrogen-bond donors (Lipinski definition) is 1. The molecule has 0 aliphatic carbocycles. The third-order valence-electron chi connectivity index (χ3n) is 1.76. The third-order valence-corrected chi connectivity index (χ3v) is 1.76. The quantitative estimate of drug-likeness (QED) is 0.416. The molecular weight excluding hydrogens is 136 g/mol. The van der Waals surface area contributed by atoms with E-state index in [4.69, 9.17) is 5.11 Å². The Morgan fingerprint density at radius 1 is 1.80 bits per heavy atom. The molecule has 0 radical (unpaired) electrons. The molecule has 0 aromatic heterocycles. The lowest BCUT2D eigenvalue weighted by Crippen LogP contribution is -2.31. The molecule has 1 atom stereocenters. The van der Waals surface area contributed by atoms with Crippen LogP contribution >= 0.6 is 0 Å². The minimum atomic E-state index is -1.29. The summed E-state index contributed by atoms with van der Waals surface area (Å²) in [5, 5.41) is 8.54. The zero-order chi connectivity index (χ0) is 7.78. The Morgan fingerprint density at radius 2 is 2.40 bits per heavy atom. The molecule has 0 bridgehead atoms. The summed E-state index contributed by atoms with van der Waals surface area (Å²) in [5.74, 6) is -1.73. The molecule has 1 heterocycles. The van der Waals surface area contributed by atoms with Crippen molar-refractivity contribution in [1.82, 2.24) is 0 Å². The predicted molar refractivity (Wildman–Crippen MR) is 31.3 cm³/mol. The molecule has 1 aliphatic rings. The lowest BCUT2D eigenvalue weighted by molar-refractivity contribution is -0.159. The standard InChI is InChI=1S/C6H8O4/c1-6(4(7)8)2-3-10-5(6)9/h2-3H2,1H3,(H,7,8). The van der Waals surface area contributed by atoms with Crippen molar-refractivity contribution in [2.24, 2.45) is 5.41 Å². The fraction of sp³-hybridized carbons (Fsp3) is 0.667. The van der Waals surface area contributed by atoms with Gasteiger partial charge in [0.25, 0.3) is 0 Å². The zero-order valence-electron chi connectivity index (χ0n) is 5.59. The monoisotopic (exact) mass is 144 g/mol. The largest absolute Gasteiger partial charge is 0.480 e. The molecular formula is C6H8O4. The lowest BCUT2D eigenvalue weighted by Gasteiger charge is -2.10. The maximum atomic E-state index is 10.7. The van der Waals surface area contributed by atoms with Crippen molar-refractivity contribution in [3.8, 4) is 0 Å². The predicted octanol–water partition coefficient (Wildman–Crippen LogP) is 0.0242. The first-order chi connectivity index (χ1) is 4.57. The van der Waals surface area contributed by atoms with Gasteiger partial charge >= 0.3 is 11.9 Å². The summed E-state index contributed by atoms with van der Waals surface area (Å²) in [4.78, 5) is 21.2. The maximum Gasteiger partial charge on any atom is 0.323 e. The van der Waals surface area contributed by atoms with Crippen LogP contribution in [0.15, 0.2) is 0 Å². The normalized spacial score (nSPS) is 31.9. The van der Waals surface area contributed by atoms with Crippen LogP contribution in [-0.2, 0) is 14.3 Å². The third kappa shape index (κ3) is 0.761. The van der Waals surface area contributed by atoms with Gasteiger partial charge in [0.2, 0.25) is 0 Å². The Balaban J connectivity index is 2.86. The van der Waals surface area contributed by atoms with E-state index in [1.165, 1.54) is 6.92 Å². The second-order valence-corrected chi connectivity index (χ2v) is 2.52. The summed E-state index contributed by atoms with van der Waals surface area (Å²) >= 11 is 0. The minimum Gasteiger partial charge on any atom is -0.480 e. The fourth-order valence-corrected chi connectivity index (χ4v) is 0.803. The van der Waals surface area contributed by atoms with Crippen LogP contribution in [0.3, 0.4) is 0 Å². The van der Waals surface area contributed by atoms with Crippen LogP contribution < -0.4 is 0 Å². The molecule has 0 saturated carbocycles. The smallest absolute Gasteiger partial charge is 0.323 e. The van der Waals surface area contributed by atoms with Gasteiger partial charge in [0, 0.05) is 6.42 Å². The molecule has 0 spiro atoms. The number of hydrogen-bond acceptors (Lipinski definition) is 3. The van der Waals surface area contributed by atoms with Crippen LogP contribution in [0.1, 0.15) is 13.3 Å². The summed E-state index contributed by atoms with van der Waals surface area (Å²) in [6.45, 7) is 1.60. The lowest BCUT2D eigenvalue weighted by atomic mass is 9.90. The van der Waals surface area contributed by atoms with Crippen LogP contribution in [0.5, 0.6) is 0 Å². The molecule has 0 aromatic carbocycles. The van der Waals surface area contributed by atoms with Gasteiger partial charge in [0.15, 0.2) is 5.41 Å². The van der Waals surface area contributed by atoms with E-state index >= 15 is 0 Å². The van der Waals surface area contributed by atoms with Crippen molar-refractivity contribution >= 4 is 11.9 Å². The Labute approximate surface area is 57.8 Å². The molecule has 0 amide bonds. The van der Waals surface area contributed by atoms with Crippen molar-refractivity contribution in [1.29, 1.82) is 0 Å². The van der Waals surface area contributed by atoms with E-state index in [1.54, 1.807) is 0 Å². The van der Waals surface area contributed by atoms with Crippen molar-refractivity contribution < 1.29 is 19.4 Å². The molecule has 10 heavy (non-hydrogen) atoms. The molecule has 56 valence electrons. The highest BCUT2D eigenvalue weighted by Gasteiger charge is 2.47. The van der Waals surface area contributed by atoms with Gasteiger partial charge in [-0.25, -0.2) is 0 Å². The van der Waals surface area contributed by atoms with E-state index in [0.717, 1.165) is 0 Å². The molecule has 1 saturated heterocycles. The summed E-state index contributed by atoms with van der Waals surface area (Å²) < 4.78 is 4.51. The van der Waals surface area contributed by atoms with Crippen molar-refractivity contribution in [2.45, 2.75) is 13.3 Å². The molecule has 1 rings (SSSR count). The van der Waals surface area contributed by atoms with Crippen LogP contribution in [-0.4, -0.2) is 23.7 Å². The van der Waals surface area contributed by atoms with Crippen molar-refractivity contribution in [3.63, 3.8) is 0 Å². The number of carbonyl (C=O) groups excluding carboxylic acids is 1. The van der Waals surface area contributed by atoms with Gasteiger partial charge in [0.05, 0.1) is 6.61 Å². The molecule has 4 nitrogen and oxygen atoms in total. The Bertz CT molecular complexity index is 186. The number of ether oxygens (including phenoxy) is 1. The number of cyclic esters (lactones) is 1. The van der Waals surface area contributed by atoms with E-state index in [2.05, 4.69) is 4.74 Å². The first-order valence-corrected chi connectivity index (χ1v) is 2.98. The number of rotatable bonds is 1. The van der Waals surface area contributed by atoms with E-state index in [9.17, 15) is 9.59 Å².